The number of fused-ring (bicyclic) bond motifs is 1. The summed E-state index contributed by atoms with van der Waals surface area (Å²) in [6.45, 7) is 4.60. The van der Waals surface area contributed by atoms with Gasteiger partial charge in [0, 0.05) is 17.7 Å². The van der Waals surface area contributed by atoms with Crippen LogP contribution in [0.1, 0.15) is 24.5 Å². The topological polar surface area (TPSA) is 60.5 Å². The Hall–Kier alpha value is -3.38. The number of carbonyl (C=O) groups excluding carboxylic acids is 1. The Morgan fingerprint density at radius 3 is 2.59 bits per heavy atom. The largest absolute Gasteiger partial charge is 0.493 e. The molecule has 0 saturated heterocycles. The third-order valence-corrected chi connectivity index (χ3v) is 6.20. The maximum atomic E-state index is 12.4. The summed E-state index contributed by atoms with van der Waals surface area (Å²) in [5, 5.41) is 3.95. The number of rotatable bonds is 8. The molecule has 0 aliphatic rings. The number of thiazole rings is 1. The number of aryl methyl sites for hydroxylation is 2. The van der Waals surface area contributed by atoms with Crippen molar-refractivity contribution in [2.24, 2.45) is 0 Å². The number of anilines is 1. The highest BCUT2D eigenvalue weighted by Gasteiger charge is 2.09. The van der Waals surface area contributed by atoms with E-state index in [0.29, 0.717) is 30.9 Å². The molecule has 4 aromatic rings. The van der Waals surface area contributed by atoms with Gasteiger partial charge in [0.25, 0.3) is 0 Å². The first kappa shape index (κ1) is 21.8. The minimum absolute atomic E-state index is 0.0268. The maximum Gasteiger partial charge on any atom is 0.224 e. The second kappa shape index (κ2) is 9.83. The molecular formula is C26H26N2O3S. The van der Waals surface area contributed by atoms with E-state index in [0.717, 1.165) is 27.3 Å². The number of ether oxygens (including phenoxy) is 2. The molecule has 1 heterocycles. The van der Waals surface area contributed by atoms with E-state index in [1.54, 1.807) is 18.4 Å². The summed E-state index contributed by atoms with van der Waals surface area (Å²) >= 11 is 1.68. The lowest BCUT2D eigenvalue weighted by Gasteiger charge is -2.11. The Labute approximate surface area is 192 Å². The zero-order valence-electron chi connectivity index (χ0n) is 18.5. The van der Waals surface area contributed by atoms with E-state index in [1.165, 1.54) is 10.3 Å². The molecule has 1 N–H and O–H groups in total. The van der Waals surface area contributed by atoms with Crippen LogP contribution in [0.5, 0.6) is 11.5 Å². The van der Waals surface area contributed by atoms with Gasteiger partial charge in [0.1, 0.15) is 5.01 Å². The number of methoxy groups -OCH3 is 1. The van der Waals surface area contributed by atoms with Crippen molar-refractivity contribution in [1.29, 1.82) is 0 Å². The highest BCUT2D eigenvalue weighted by atomic mass is 32.1. The molecule has 0 spiro atoms. The SMILES string of the molecule is CCOc1ccc(CCC(=O)Nc2ccc(-c3nc4ccc(C)cc4s3)cc2)cc1OC. The molecule has 0 atom stereocenters. The second-order valence-electron chi connectivity index (χ2n) is 7.53. The molecule has 5 nitrogen and oxygen atoms in total. The van der Waals surface area contributed by atoms with E-state index in [2.05, 4.69) is 30.4 Å². The molecule has 0 aliphatic heterocycles. The van der Waals surface area contributed by atoms with Crippen LogP contribution >= 0.6 is 11.3 Å². The lowest BCUT2D eigenvalue weighted by atomic mass is 10.1. The zero-order chi connectivity index (χ0) is 22.5. The summed E-state index contributed by atoms with van der Waals surface area (Å²) in [5.41, 5.74) is 5.10. The lowest BCUT2D eigenvalue weighted by molar-refractivity contribution is -0.116. The standard InChI is InChI=1S/C26H26N2O3S/c1-4-31-22-13-6-18(16-23(22)30-3)7-14-25(29)27-20-10-8-19(9-11-20)26-28-21-12-5-17(2)15-24(21)32-26/h5-6,8-13,15-16H,4,7,14H2,1-3H3,(H,27,29). The predicted molar refractivity (Wildman–Crippen MR) is 131 cm³/mol. The normalized spacial score (nSPS) is 10.8. The molecule has 164 valence electrons. The van der Waals surface area contributed by atoms with Gasteiger partial charge in [0.05, 0.1) is 23.9 Å². The number of nitrogens with one attached hydrogen (secondary N) is 1. The van der Waals surface area contributed by atoms with Crippen LogP contribution in [0.25, 0.3) is 20.8 Å². The first-order valence-corrected chi connectivity index (χ1v) is 11.4. The van der Waals surface area contributed by atoms with Gasteiger partial charge in [-0.1, -0.05) is 12.1 Å². The van der Waals surface area contributed by atoms with Crippen molar-refractivity contribution >= 4 is 33.1 Å². The van der Waals surface area contributed by atoms with Gasteiger partial charge in [-0.05, 0) is 79.9 Å². The number of hydrogen-bond acceptors (Lipinski definition) is 5. The zero-order valence-corrected chi connectivity index (χ0v) is 19.3. The summed E-state index contributed by atoms with van der Waals surface area (Å²) in [7, 11) is 1.62. The summed E-state index contributed by atoms with van der Waals surface area (Å²) in [4.78, 5) is 17.2. The molecule has 6 heteroatoms. The van der Waals surface area contributed by atoms with Crippen LogP contribution in [0.2, 0.25) is 0 Å². The first-order chi connectivity index (χ1) is 15.6. The number of aromatic nitrogens is 1. The fourth-order valence-electron chi connectivity index (χ4n) is 3.48. The van der Waals surface area contributed by atoms with Gasteiger partial charge in [-0.2, -0.15) is 0 Å². The van der Waals surface area contributed by atoms with E-state index in [-0.39, 0.29) is 5.91 Å². The third-order valence-electron chi connectivity index (χ3n) is 5.13. The number of benzene rings is 3. The van der Waals surface area contributed by atoms with Gasteiger partial charge in [0.2, 0.25) is 5.91 Å². The van der Waals surface area contributed by atoms with Crippen molar-refractivity contribution in [2.45, 2.75) is 26.7 Å². The molecule has 0 aliphatic carbocycles. The number of carbonyl (C=O) groups is 1. The average Bonchev–Trinajstić information content (AvgIpc) is 3.22. The van der Waals surface area contributed by atoms with Crippen molar-refractivity contribution in [3.63, 3.8) is 0 Å². The molecule has 1 aromatic heterocycles. The molecule has 32 heavy (non-hydrogen) atoms. The number of amides is 1. The van der Waals surface area contributed by atoms with E-state index < -0.39 is 0 Å². The fourth-order valence-corrected chi connectivity index (χ4v) is 4.54. The predicted octanol–water partition coefficient (Wildman–Crippen LogP) is 6.25. The molecule has 0 unspecified atom stereocenters. The highest BCUT2D eigenvalue weighted by Crippen LogP contribution is 2.31. The van der Waals surface area contributed by atoms with Gasteiger partial charge < -0.3 is 14.8 Å². The Balaban J connectivity index is 1.36. The molecular weight excluding hydrogens is 420 g/mol. The smallest absolute Gasteiger partial charge is 0.224 e. The summed E-state index contributed by atoms with van der Waals surface area (Å²) in [6, 6.07) is 19.9. The van der Waals surface area contributed by atoms with Crippen LogP contribution in [0.15, 0.2) is 60.7 Å². The Morgan fingerprint density at radius 1 is 1.03 bits per heavy atom. The van der Waals surface area contributed by atoms with Crippen molar-refractivity contribution in [3.8, 4) is 22.1 Å². The van der Waals surface area contributed by atoms with Gasteiger partial charge in [-0.25, -0.2) is 4.98 Å². The quantitative estimate of drug-likeness (QED) is 0.347. The second-order valence-corrected chi connectivity index (χ2v) is 8.56. The minimum Gasteiger partial charge on any atom is -0.493 e. The first-order valence-electron chi connectivity index (χ1n) is 10.6. The summed E-state index contributed by atoms with van der Waals surface area (Å²) in [5.74, 6) is 1.37. The molecule has 0 bridgehead atoms. The van der Waals surface area contributed by atoms with E-state index in [1.807, 2.05) is 49.4 Å². The number of nitrogens with zero attached hydrogens (tertiary/aromatic N) is 1. The van der Waals surface area contributed by atoms with Crippen LogP contribution in [-0.4, -0.2) is 24.6 Å². The van der Waals surface area contributed by atoms with Crippen molar-refractivity contribution < 1.29 is 14.3 Å². The molecule has 1 amide bonds. The Kier molecular flexibility index (Phi) is 6.71. The molecule has 0 fully saturated rings. The Bertz CT molecular complexity index is 1230. The van der Waals surface area contributed by atoms with Gasteiger partial charge in [-0.3, -0.25) is 4.79 Å². The molecule has 0 radical (unpaired) electrons. The van der Waals surface area contributed by atoms with Crippen LogP contribution in [0.4, 0.5) is 5.69 Å². The monoisotopic (exact) mass is 446 g/mol. The van der Waals surface area contributed by atoms with Crippen LogP contribution < -0.4 is 14.8 Å². The maximum absolute atomic E-state index is 12.4. The summed E-state index contributed by atoms with van der Waals surface area (Å²) in [6.07, 6.45) is 1.01. The van der Waals surface area contributed by atoms with Crippen LogP contribution in [0.3, 0.4) is 0 Å². The minimum atomic E-state index is -0.0268. The lowest BCUT2D eigenvalue weighted by Crippen LogP contribution is -2.12. The van der Waals surface area contributed by atoms with Crippen molar-refractivity contribution in [3.05, 3.63) is 71.8 Å². The van der Waals surface area contributed by atoms with Crippen molar-refractivity contribution in [1.82, 2.24) is 4.98 Å². The fraction of sp³-hybridized carbons (Fsp3) is 0.231. The van der Waals surface area contributed by atoms with Gasteiger partial charge in [-0.15, -0.1) is 11.3 Å². The van der Waals surface area contributed by atoms with E-state index in [4.69, 9.17) is 14.5 Å². The van der Waals surface area contributed by atoms with Crippen LogP contribution in [0, 0.1) is 6.92 Å². The molecule has 3 aromatic carbocycles. The average molecular weight is 447 g/mol. The van der Waals surface area contributed by atoms with E-state index >= 15 is 0 Å². The van der Waals surface area contributed by atoms with Gasteiger partial charge >= 0.3 is 0 Å². The van der Waals surface area contributed by atoms with E-state index in [9.17, 15) is 4.79 Å². The Morgan fingerprint density at radius 2 is 1.84 bits per heavy atom. The summed E-state index contributed by atoms with van der Waals surface area (Å²) < 4.78 is 12.1. The van der Waals surface area contributed by atoms with Crippen molar-refractivity contribution in [2.75, 3.05) is 19.0 Å². The van der Waals surface area contributed by atoms with Gasteiger partial charge in [0.15, 0.2) is 11.5 Å². The molecule has 4 rings (SSSR count). The number of hydrogen-bond donors (Lipinski definition) is 1. The molecule has 0 saturated carbocycles. The highest BCUT2D eigenvalue weighted by molar-refractivity contribution is 7.21. The third kappa shape index (κ3) is 5.08. The van der Waals surface area contributed by atoms with Crippen LogP contribution in [-0.2, 0) is 11.2 Å².